The highest BCUT2D eigenvalue weighted by atomic mass is 16.2. The zero-order valence-electron chi connectivity index (χ0n) is 9.37. The number of fused-ring (bicyclic) bond motifs is 1. The molecule has 1 amide bonds. The number of benzene rings is 1. The molecule has 0 aromatic heterocycles. The standard InChI is InChI=1S/C12H16N2O/c1-12(2,3)14-10-5-4-9(13)6-8(10)7-11(14)15/h4-6H,7,13H2,1-3H3. The van der Waals surface area contributed by atoms with Crippen LogP contribution in [0.25, 0.3) is 0 Å². The molecule has 0 atom stereocenters. The molecule has 0 saturated heterocycles. The highest BCUT2D eigenvalue weighted by Crippen LogP contribution is 2.35. The molecule has 2 rings (SSSR count). The molecule has 0 aliphatic carbocycles. The summed E-state index contributed by atoms with van der Waals surface area (Å²) in [6.07, 6.45) is 0.470. The van der Waals surface area contributed by atoms with Crippen LogP contribution >= 0.6 is 0 Å². The second kappa shape index (κ2) is 2.99. The summed E-state index contributed by atoms with van der Waals surface area (Å²) in [5.41, 5.74) is 8.29. The van der Waals surface area contributed by atoms with Gasteiger partial charge in [0.25, 0.3) is 0 Å². The normalized spacial score (nSPS) is 15.7. The second-order valence-corrected chi connectivity index (χ2v) is 4.96. The summed E-state index contributed by atoms with van der Waals surface area (Å²) in [7, 11) is 0. The molecule has 0 unspecified atom stereocenters. The number of hydrogen-bond donors (Lipinski definition) is 1. The lowest BCUT2D eigenvalue weighted by Gasteiger charge is -2.32. The molecular weight excluding hydrogens is 188 g/mol. The van der Waals surface area contributed by atoms with E-state index in [4.69, 9.17) is 5.73 Å². The van der Waals surface area contributed by atoms with Crippen LogP contribution < -0.4 is 10.6 Å². The number of amides is 1. The van der Waals surface area contributed by atoms with Crippen molar-refractivity contribution in [2.75, 3.05) is 10.6 Å². The quantitative estimate of drug-likeness (QED) is 0.656. The van der Waals surface area contributed by atoms with Crippen molar-refractivity contribution in [3.63, 3.8) is 0 Å². The summed E-state index contributed by atoms with van der Waals surface area (Å²) >= 11 is 0. The smallest absolute Gasteiger partial charge is 0.231 e. The summed E-state index contributed by atoms with van der Waals surface area (Å²) in [4.78, 5) is 13.7. The lowest BCUT2D eigenvalue weighted by molar-refractivity contribution is -0.118. The van der Waals surface area contributed by atoms with Gasteiger partial charge in [-0.05, 0) is 44.5 Å². The van der Waals surface area contributed by atoms with Crippen LogP contribution in [0.3, 0.4) is 0 Å². The Kier molecular flexibility index (Phi) is 2.00. The predicted molar refractivity (Wildman–Crippen MR) is 61.8 cm³/mol. The van der Waals surface area contributed by atoms with Crippen LogP contribution in [0.4, 0.5) is 11.4 Å². The van der Waals surface area contributed by atoms with Gasteiger partial charge >= 0.3 is 0 Å². The first-order valence-electron chi connectivity index (χ1n) is 5.11. The fraction of sp³-hybridized carbons (Fsp3) is 0.417. The van der Waals surface area contributed by atoms with Gasteiger partial charge in [0, 0.05) is 16.9 Å². The average molecular weight is 204 g/mol. The Morgan fingerprint density at radius 1 is 1.33 bits per heavy atom. The Bertz CT molecular complexity index is 418. The van der Waals surface area contributed by atoms with Crippen LogP contribution in [0.5, 0.6) is 0 Å². The minimum absolute atomic E-state index is 0.156. The Morgan fingerprint density at radius 2 is 2.00 bits per heavy atom. The maximum absolute atomic E-state index is 11.9. The summed E-state index contributed by atoms with van der Waals surface area (Å²) in [5.74, 6) is 0.156. The highest BCUT2D eigenvalue weighted by molar-refractivity contribution is 6.02. The molecule has 80 valence electrons. The minimum Gasteiger partial charge on any atom is -0.399 e. The van der Waals surface area contributed by atoms with Crippen LogP contribution in [0.2, 0.25) is 0 Å². The van der Waals surface area contributed by atoms with E-state index in [0.717, 1.165) is 16.9 Å². The number of carbonyl (C=O) groups excluding carboxylic acids is 1. The zero-order valence-corrected chi connectivity index (χ0v) is 9.37. The summed E-state index contributed by atoms with van der Waals surface area (Å²) in [5, 5.41) is 0. The topological polar surface area (TPSA) is 46.3 Å². The maximum atomic E-state index is 11.9. The third-order valence-corrected chi connectivity index (χ3v) is 2.61. The van der Waals surface area contributed by atoms with Crippen molar-refractivity contribution < 1.29 is 4.79 Å². The fourth-order valence-corrected chi connectivity index (χ4v) is 2.08. The van der Waals surface area contributed by atoms with Crippen molar-refractivity contribution in [2.24, 2.45) is 0 Å². The van der Waals surface area contributed by atoms with Crippen molar-refractivity contribution in [1.82, 2.24) is 0 Å². The molecule has 1 aliphatic rings. The Balaban J connectivity index is 2.51. The molecule has 1 aromatic carbocycles. The summed E-state index contributed by atoms with van der Waals surface area (Å²) in [6, 6.07) is 5.66. The van der Waals surface area contributed by atoms with Gasteiger partial charge in [0.05, 0.1) is 6.42 Å². The van der Waals surface area contributed by atoms with Crippen molar-refractivity contribution in [3.05, 3.63) is 23.8 Å². The van der Waals surface area contributed by atoms with Crippen molar-refractivity contribution in [2.45, 2.75) is 32.7 Å². The third-order valence-electron chi connectivity index (χ3n) is 2.61. The summed E-state index contributed by atoms with van der Waals surface area (Å²) < 4.78 is 0. The van der Waals surface area contributed by atoms with Crippen LogP contribution in [-0.4, -0.2) is 11.4 Å². The van der Waals surface area contributed by atoms with Gasteiger partial charge in [-0.15, -0.1) is 0 Å². The first-order valence-corrected chi connectivity index (χ1v) is 5.11. The van der Waals surface area contributed by atoms with Crippen molar-refractivity contribution >= 4 is 17.3 Å². The maximum Gasteiger partial charge on any atom is 0.231 e. The van der Waals surface area contributed by atoms with Gasteiger partial charge in [0.2, 0.25) is 5.91 Å². The monoisotopic (exact) mass is 204 g/mol. The predicted octanol–water partition coefficient (Wildman–Crippen LogP) is 1.96. The number of nitrogens with zero attached hydrogens (tertiary/aromatic N) is 1. The number of hydrogen-bond acceptors (Lipinski definition) is 2. The highest BCUT2D eigenvalue weighted by Gasteiger charge is 2.34. The van der Waals surface area contributed by atoms with Gasteiger partial charge < -0.3 is 10.6 Å². The van der Waals surface area contributed by atoms with E-state index in [1.54, 1.807) is 0 Å². The largest absolute Gasteiger partial charge is 0.399 e. The number of nitrogen functional groups attached to an aromatic ring is 1. The Labute approximate surface area is 89.9 Å². The van der Waals surface area contributed by atoms with Crippen molar-refractivity contribution in [3.8, 4) is 0 Å². The van der Waals surface area contributed by atoms with Crippen LogP contribution in [0.15, 0.2) is 18.2 Å². The van der Waals surface area contributed by atoms with E-state index >= 15 is 0 Å². The molecule has 15 heavy (non-hydrogen) atoms. The van der Waals surface area contributed by atoms with Gasteiger partial charge in [-0.25, -0.2) is 0 Å². The van der Waals surface area contributed by atoms with Gasteiger partial charge in [0.15, 0.2) is 0 Å². The number of carbonyl (C=O) groups is 1. The molecule has 1 heterocycles. The second-order valence-electron chi connectivity index (χ2n) is 4.96. The van der Waals surface area contributed by atoms with Crippen LogP contribution in [0.1, 0.15) is 26.3 Å². The van der Waals surface area contributed by atoms with Gasteiger partial charge in [0.1, 0.15) is 0 Å². The van der Waals surface area contributed by atoms with E-state index in [1.165, 1.54) is 0 Å². The lowest BCUT2D eigenvalue weighted by Crippen LogP contribution is -2.43. The molecule has 0 saturated carbocycles. The number of rotatable bonds is 0. The fourth-order valence-electron chi connectivity index (χ4n) is 2.08. The molecule has 2 N–H and O–H groups in total. The lowest BCUT2D eigenvalue weighted by atomic mass is 10.1. The first-order chi connectivity index (χ1) is 6.89. The third kappa shape index (κ3) is 1.58. The molecule has 0 spiro atoms. The van der Waals surface area contributed by atoms with E-state index in [2.05, 4.69) is 0 Å². The van der Waals surface area contributed by atoms with E-state index in [-0.39, 0.29) is 11.4 Å². The average Bonchev–Trinajstić information content (AvgIpc) is 2.38. The van der Waals surface area contributed by atoms with Crippen molar-refractivity contribution in [1.29, 1.82) is 0 Å². The van der Waals surface area contributed by atoms with Crippen LogP contribution in [0, 0.1) is 0 Å². The molecule has 1 aliphatic heterocycles. The number of nitrogens with two attached hydrogens (primary N) is 1. The first kappa shape index (κ1) is 10.0. The van der Waals surface area contributed by atoms with Crippen LogP contribution in [-0.2, 0) is 11.2 Å². The molecule has 3 nitrogen and oxygen atoms in total. The Morgan fingerprint density at radius 3 is 2.60 bits per heavy atom. The number of anilines is 2. The van der Waals surface area contributed by atoms with E-state index in [9.17, 15) is 4.79 Å². The molecule has 3 heteroatoms. The summed E-state index contributed by atoms with van der Waals surface area (Å²) in [6.45, 7) is 6.11. The van der Waals surface area contributed by atoms with E-state index in [1.807, 2.05) is 43.9 Å². The minimum atomic E-state index is -0.168. The molecule has 1 aromatic rings. The van der Waals surface area contributed by atoms with Gasteiger partial charge in [-0.2, -0.15) is 0 Å². The molecule has 0 fully saturated rings. The molecule has 0 bridgehead atoms. The van der Waals surface area contributed by atoms with E-state index in [0.29, 0.717) is 6.42 Å². The molecular formula is C12H16N2O. The van der Waals surface area contributed by atoms with Gasteiger partial charge in [-0.1, -0.05) is 0 Å². The molecule has 0 radical (unpaired) electrons. The van der Waals surface area contributed by atoms with E-state index < -0.39 is 0 Å². The Hall–Kier alpha value is -1.51. The zero-order chi connectivity index (χ0) is 11.2. The van der Waals surface area contributed by atoms with Gasteiger partial charge in [-0.3, -0.25) is 4.79 Å². The SMILES string of the molecule is CC(C)(C)N1C(=O)Cc2cc(N)ccc21.